The Morgan fingerprint density at radius 2 is 0.941 bits per heavy atom. The normalized spacial score (nSPS) is 10.0. The summed E-state index contributed by atoms with van der Waals surface area (Å²) in [6, 6.07) is 18.7. The van der Waals surface area contributed by atoms with Crippen molar-refractivity contribution in [3.05, 3.63) is 59.7 Å². The van der Waals surface area contributed by atoms with Gasteiger partial charge in [0, 0.05) is 26.2 Å². The van der Waals surface area contributed by atoms with Crippen LogP contribution in [0.4, 0.5) is 22.7 Å². The van der Waals surface area contributed by atoms with Crippen LogP contribution in [-0.2, 0) is 0 Å². The highest BCUT2D eigenvalue weighted by Gasteiger charge is 2.21. The van der Waals surface area contributed by atoms with Gasteiger partial charge in [-0.25, -0.2) is 0 Å². The monoisotopic (exact) mass is 458 g/mol. The SMILES string of the molecule is COc1ccc(OC)c(N(C)c2cc(C#N)c(N(C)c3cc(OC)ccc3OC)cc2C#N)c1. The zero-order valence-corrected chi connectivity index (χ0v) is 20.0. The molecule has 0 fully saturated rings. The van der Waals surface area contributed by atoms with Crippen molar-refractivity contribution in [3.63, 3.8) is 0 Å². The van der Waals surface area contributed by atoms with Gasteiger partial charge in [-0.15, -0.1) is 0 Å². The van der Waals surface area contributed by atoms with Crippen LogP contribution in [0.15, 0.2) is 48.5 Å². The van der Waals surface area contributed by atoms with Crippen LogP contribution in [0, 0.1) is 22.7 Å². The zero-order chi connectivity index (χ0) is 24.8. The molecule has 0 spiro atoms. The van der Waals surface area contributed by atoms with E-state index in [9.17, 15) is 10.5 Å². The summed E-state index contributed by atoms with van der Waals surface area (Å²) >= 11 is 0. The number of rotatable bonds is 8. The second-order valence-electron chi connectivity index (χ2n) is 7.30. The van der Waals surface area contributed by atoms with E-state index in [-0.39, 0.29) is 0 Å². The van der Waals surface area contributed by atoms with E-state index in [1.165, 1.54) is 0 Å². The van der Waals surface area contributed by atoms with Crippen molar-refractivity contribution in [1.82, 2.24) is 0 Å². The first-order chi connectivity index (χ1) is 16.4. The van der Waals surface area contributed by atoms with Crippen LogP contribution >= 0.6 is 0 Å². The van der Waals surface area contributed by atoms with E-state index in [0.717, 1.165) is 0 Å². The molecule has 34 heavy (non-hydrogen) atoms. The molecule has 0 aliphatic rings. The standard InChI is InChI=1S/C26H26N4O4/c1-29(23-13-19(31-3)7-9-25(23)33-5)21-11-18(16-28)22(12-17(21)15-27)30(2)24-14-20(32-4)8-10-26(24)34-6/h7-14H,1-6H3. The van der Waals surface area contributed by atoms with Crippen molar-refractivity contribution in [3.8, 4) is 35.1 Å². The third kappa shape index (κ3) is 4.48. The number of benzene rings is 3. The van der Waals surface area contributed by atoms with E-state index in [0.29, 0.717) is 56.9 Å². The molecule has 0 aliphatic heterocycles. The van der Waals surface area contributed by atoms with Crippen LogP contribution < -0.4 is 28.7 Å². The minimum absolute atomic E-state index is 0.384. The van der Waals surface area contributed by atoms with Gasteiger partial charge in [-0.1, -0.05) is 0 Å². The lowest BCUT2D eigenvalue weighted by atomic mass is 10.0. The predicted molar refractivity (Wildman–Crippen MR) is 131 cm³/mol. The van der Waals surface area contributed by atoms with Gasteiger partial charge in [0.15, 0.2) is 0 Å². The Morgan fingerprint density at radius 1 is 0.559 bits per heavy atom. The van der Waals surface area contributed by atoms with Crippen molar-refractivity contribution in [2.45, 2.75) is 0 Å². The maximum absolute atomic E-state index is 9.99. The quantitative estimate of drug-likeness (QED) is 0.466. The van der Waals surface area contributed by atoms with Crippen LogP contribution in [0.1, 0.15) is 11.1 Å². The van der Waals surface area contributed by atoms with E-state index in [1.54, 1.807) is 74.6 Å². The molecule has 3 aromatic carbocycles. The molecule has 3 aromatic rings. The molecule has 0 unspecified atom stereocenters. The van der Waals surface area contributed by atoms with Gasteiger partial charge in [0.2, 0.25) is 0 Å². The minimum Gasteiger partial charge on any atom is -0.497 e. The van der Waals surface area contributed by atoms with Crippen LogP contribution in [0.25, 0.3) is 0 Å². The lowest BCUT2D eigenvalue weighted by Crippen LogP contribution is -2.16. The molecule has 8 heteroatoms. The lowest BCUT2D eigenvalue weighted by molar-refractivity contribution is 0.404. The summed E-state index contributed by atoms with van der Waals surface area (Å²) in [5, 5.41) is 20.0. The van der Waals surface area contributed by atoms with Crippen LogP contribution in [0.5, 0.6) is 23.0 Å². The van der Waals surface area contributed by atoms with Crippen molar-refractivity contribution < 1.29 is 18.9 Å². The number of hydrogen-bond donors (Lipinski definition) is 0. The zero-order valence-electron chi connectivity index (χ0n) is 20.0. The van der Waals surface area contributed by atoms with Gasteiger partial charge in [-0.3, -0.25) is 0 Å². The largest absolute Gasteiger partial charge is 0.497 e. The summed E-state index contributed by atoms with van der Waals surface area (Å²) in [6.07, 6.45) is 0. The Morgan fingerprint density at radius 3 is 1.24 bits per heavy atom. The molecule has 0 aromatic heterocycles. The molecule has 0 amide bonds. The first kappa shape index (κ1) is 24.1. The summed E-state index contributed by atoms with van der Waals surface area (Å²) in [7, 11) is 9.93. The molecule has 0 saturated carbocycles. The van der Waals surface area contributed by atoms with Gasteiger partial charge in [0.05, 0.1) is 62.3 Å². The van der Waals surface area contributed by atoms with Crippen molar-refractivity contribution in [2.75, 3.05) is 52.3 Å². The van der Waals surface area contributed by atoms with E-state index in [1.807, 2.05) is 26.2 Å². The topological polar surface area (TPSA) is 91.0 Å². The Hall–Kier alpha value is -4.56. The number of ether oxygens (including phenoxy) is 4. The fourth-order valence-electron chi connectivity index (χ4n) is 3.69. The van der Waals surface area contributed by atoms with Gasteiger partial charge >= 0.3 is 0 Å². The van der Waals surface area contributed by atoms with E-state index in [2.05, 4.69) is 12.1 Å². The van der Waals surface area contributed by atoms with Gasteiger partial charge < -0.3 is 28.7 Å². The second kappa shape index (κ2) is 10.4. The third-order valence-corrected chi connectivity index (χ3v) is 5.57. The maximum atomic E-state index is 9.99. The fraction of sp³-hybridized carbons (Fsp3) is 0.231. The third-order valence-electron chi connectivity index (χ3n) is 5.57. The molecule has 0 heterocycles. The number of anilines is 4. The summed E-state index contributed by atoms with van der Waals surface area (Å²) < 4.78 is 21.7. The molecular weight excluding hydrogens is 432 g/mol. The first-order valence-electron chi connectivity index (χ1n) is 10.3. The first-order valence-corrected chi connectivity index (χ1v) is 10.3. The Bertz CT molecular complexity index is 1180. The predicted octanol–water partition coefficient (Wildman–Crippen LogP) is 5.00. The molecule has 0 bridgehead atoms. The average Bonchev–Trinajstić information content (AvgIpc) is 2.90. The summed E-state index contributed by atoms with van der Waals surface area (Å²) in [6.45, 7) is 0. The highest BCUT2D eigenvalue weighted by Crippen LogP contribution is 2.41. The molecule has 0 aliphatic carbocycles. The highest BCUT2D eigenvalue weighted by molar-refractivity contribution is 5.82. The molecule has 0 N–H and O–H groups in total. The van der Waals surface area contributed by atoms with Crippen molar-refractivity contribution in [2.24, 2.45) is 0 Å². The molecular formula is C26H26N4O4. The summed E-state index contributed by atoms with van der Waals surface area (Å²) in [5.41, 5.74) is 3.27. The minimum atomic E-state index is 0.384. The Balaban J connectivity index is 2.16. The summed E-state index contributed by atoms with van der Waals surface area (Å²) in [4.78, 5) is 3.60. The molecule has 174 valence electrons. The van der Waals surface area contributed by atoms with E-state index in [4.69, 9.17) is 18.9 Å². The molecule has 0 saturated heterocycles. The fourth-order valence-corrected chi connectivity index (χ4v) is 3.69. The smallest absolute Gasteiger partial charge is 0.142 e. The Kier molecular flexibility index (Phi) is 7.35. The van der Waals surface area contributed by atoms with Crippen LogP contribution in [-0.4, -0.2) is 42.5 Å². The number of nitrogens with zero attached hydrogens (tertiary/aromatic N) is 4. The van der Waals surface area contributed by atoms with Gasteiger partial charge in [-0.2, -0.15) is 10.5 Å². The van der Waals surface area contributed by atoms with Gasteiger partial charge in [0.1, 0.15) is 35.1 Å². The molecule has 8 nitrogen and oxygen atoms in total. The van der Waals surface area contributed by atoms with Crippen molar-refractivity contribution >= 4 is 22.7 Å². The molecule has 0 radical (unpaired) electrons. The van der Waals surface area contributed by atoms with Gasteiger partial charge in [0.25, 0.3) is 0 Å². The van der Waals surface area contributed by atoms with Crippen LogP contribution in [0.2, 0.25) is 0 Å². The Labute approximate surface area is 199 Å². The number of methoxy groups -OCH3 is 4. The number of nitriles is 2. The van der Waals surface area contributed by atoms with Crippen LogP contribution in [0.3, 0.4) is 0 Å². The van der Waals surface area contributed by atoms with E-state index < -0.39 is 0 Å². The summed E-state index contributed by atoms with van der Waals surface area (Å²) in [5.74, 6) is 2.49. The second-order valence-corrected chi connectivity index (χ2v) is 7.30. The van der Waals surface area contributed by atoms with E-state index >= 15 is 0 Å². The lowest BCUT2D eigenvalue weighted by Gasteiger charge is -2.27. The van der Waals surface area contributed by atoms with Gasteiger partial charge in [-0.05, 0) is 36.4 Å². The number of hydrogen-bond acceptors (Lipinski definition) is 8. The molecule has 3 rings (SSSR count). The van der Waals surface area contributed by atoms with Crippen molar-refractivity contribution in [1.29, 1.82) is 10.5 Å². The molecule has 0 atom stereocenters. The highest BCUT2D eigenvalue weighted by atomic mass is 16.5. The maximum Gasteiger partial charge on any atom is 0.142 e. The average molecular weight is 459 g/mol.